The molecule has 1 aromatic rings. The molecule has 0 aromatic heterocycles. The fourth-order valence-corrected chi connectivity index (χ4v) is 1.72. The molecule has 0 aliphatic carbocycles. The van der Waals surface area contributed by atoms with Crippen LogP contribution in [0.3, 0.4) is 0 Å². The first-order valence-corrected chi connectivity index (χ1v) is 6.27. The molecule has 0 aliphatic heterocycles. The van der Waals surface area contributed by atoms with Crippen molar-refractivity contribution in [2.24, 2.45) is 0 Å². The van der Waals surface area contributed by atoms with Gasteiger partial charge in [0.05, 0.1) is 5.92 Å². The van der Waals surface area contributed by atoms with Crippen LogP contribution in [0.25, 0.3) is 0 Å². The summed E-state index contributed by atoms with van der Waals surface area (Å²) in [5, 5.41) is 2.92. The maximum atomic E-state index is 11.9. The summed E-state index contributed by atoms with van der Waals surface area (Å²) in [6.07, 6.45) is 1.90. The molecule has 0 heterocycles. The molecule has 4 nitrogen and oxygen atoms in total. The number of methoxy groups -OCH3 is 1. The highest BCUT2D eigenvalue weighted by Gasteiger charge is 2.14. The minimum Gasteiger partial charge on any atom is -0.399 e. The topological polar surface area (TPSA) is 64.3 Å². The summed E-state index contributed by atoms with van der Waals surface area (Å²) in [5.41, 5.74) is 7.34. The number of unbranched alkanes of at least 4 members (excludes halogenated alkanes) is 1. The fraction of sp³-hybridized carbons (Fsp3) is 0.500. The van der Waals surface area contributed by atoms with Gasteiger partial charge in [-0.1, -0.05) is 12.1 Å². The highest BCUT2D eigenvalue weighted by molar-refractivity contribution is 5.83. The highest BCUT2D eigenvalue weighted by atomic mass is 16.5. The summed E-state index contributed by atoms with van der Waals surface area (Å²) in [6.45, 7) is 3.31. The Hall–Kier alpha value is -1.55. The summed E-state index contributed by atoms with van der Waals surface area (Å²) in [5.74, 6) is -0.131. The molecule has 0 fully saturated rings. The number of carbonyl (C=O) groups is 1. The number of nitrogen functional groups attached to an aromatic ring is 1. The van der Waals surface area contributed by atoms with Gasteiger partial charge in [0.15, 0.2) is 0 Å². The highest BCUT2D eigenvalue weighted by Crippen LogP contribution is 2.17. The first kappa shape index (κ1) is 14.5. The molecular weight excluding hydrogens is 228 g/mol. The van der Waals surface area contributed by atoms with Crippen LogP contribution in [0.4, 0.5) is 5.69 Å². The summed E-state index contributed by atoms with van der Waals surface area (Å²) in [4.78, 5) is 11.9. The van der Waals surface area contributed by atoms with Crippen molar-refractivity contribution in [2.75, 3.05) is 26.0 Å². The second-order valence-corrected chi connectivity index (χ2v) is 4.38. The van der Waals surface area contributed by atoms with E-state index in [0.29, 0.717) is 12.2 Å². The van der Waals surface area contributed by atoms with Gasteiger partial charge in [-0.3, -0.25) is 4.79 Å². The van der Waals surface area contributed by atoms with Crippen LogP contribution in [-0.4, -0.2) is 26.2 Å². The van der Waals surface area contributed by atoms with Gasteiger partial charge in [-0.05, 0) is 37.5 Å². The van der Waals surface area contributed by atoms with Gasteiger partial charge in [0.2, 0.25) is 5.91 Å². The lowest BCUT2D eigenvalue weighted by Gasteiger charge is -2.13. The molecule has 0 spiro atoms. The van der Waals surface area contributed by atoms with E-state index in [0.717, 1.165) is 25.0 Å². The Balaban J connectivity index is 2.37. The average molecular weight is 250 g/mol. The predicted molar refractivity (Wildman–Crippen MR) is 73.4 cm³/mol. The molecule has 4 heteroatoms. The van der Waals surface area contributed by atoms with E-state index in [1.54, 1.807) is 7.11 Å². The Kier molecular flexibility index (Phi) is 6.22. The van der Waals surface area contributed by atoms with E-state index < -0.39 is 0 Å². The van der Waals surface area contributed by atoms with E-state index in [9.17, 15) is 4.79 Å². The normalized spacial score (nSPS) is 12.1. The van der Waals surface area contributed by atoms with Gasteiger partial charge >= 0.3 is 0 Å². The standard InChI is InChI=1S/C14H22N2O2/c1-11(12-6-5-7-13(15)10-12)14(17)16-8-3-4-9-18-2/h5-7,10-11H,3-4,8-9,15H2,1-2H3,(H,16,17). The lowest BCUT2D eigenvalue weighted by atomic mass is 10.00. The molecule has 1 atom stereocenters. The van der Waals surface area contributed by atoms with Crippen LogP contribution in [0.15, 0.2) is 24.3 Å². The zero-order chi connectivity index (χ0) is 13.4. The Morgan fingerprint density at radius 1 is 1.44 bits per heavy atom. The third kappa shape index (κ3) is 4.75. The minimum absolute atomic E-state index is 0.0398. The number of nitrogens with two attached hydrogens (primary N) is 1. The van der Waals surface area contributed by atoms with Crippen LogP contribution in [0.1, 0.15) is 31.2 Å². The van der Waals surface area contributed by atoms with Crippen molar-refractivity contribution in [1.82, 2.24) is 5.32 Å². The molecule has 1 rings (SSSR count). The van der Waals surface area contributed by atoms with Crippen LogP contribution in [0.5, 0.6) is 0 Å². The van der Waals surface area contributed by atoms with Gasteiger partial charge in [-0.2, -0.15) is 0 Å². The van der Waals surface area contributed by atoms with Crippen LogP contribution in [0, 0.1) is 0 Å². The molecule has 0 radical (unpaired) electrons. The first-order valence-electron chi connectivity index (χ1n) is 6.27. The minimum atomic E-state index is -0.170. The molecule has 18 heavy (non-hydrogen) atoms. The van der Waals surface area contributed by atoms with E-state index in [1.807, 2.05) is 31.2 Å². The van der Waals surface area contributed by atoms with Crippen molar-refractivity contribution in [1.29, 1.82) is 0 Å². The number of rotatable bonds is 7. The summed E-state index contributed by atoms with van der Waals surface area (Å²) >= 11 is 0. The maximum absolute atomic E-state index is 11.9. The lowest BCUT2D eigenvalue weighted by Crippen LogP contribution is -2.29. The number of anilines is 1. The number of hydrogen-bond donors (Lipinski definition) is 2. The van der Waals surface area contributed by atoms with Crippen molar-refractivity contribution in [3.63, 3.8) is 0 Å². The number of carbonyl (C=O) groups excluding carboxylic acids is 1. The molecule has 1 aromatic carbocycles. The largest absolute Gasteiger partial charge is 0.399 e. The van der Waals surface area contributed by atoms with E-state index in [-0.39, 0.29) is 11.8 Å². The van der Waals surface area contributed by atoms with Crippen molar-refractivity contribution in [3.8, 4) is 0 Å². The van der Waals surface area contributed by atoms with Crippen molar-refractivity contribution in [2.45, 2.75) is 25.7 Å². The molecule has 0 aliphatic rings. The van der Waals surface area contributed by atoms with Crippen molar-refractivity contribution < 1.29 is 9.53 Å². The van der Waals surface area contributed by atoms with E-state index in [1.165, 1.54) is 0 Å². The molecule has 0 saturated heterocycles. The van der Waals surface area contributed by atoms with Crippen LogP contribution in [0.2, 0.25) is 0 Å². The summed E-state index contributed by atoms with van der Waals surface area (Å²) in [6, 6.07) is 7.45. The second-order valence-electron chi connectivity index (χ2n) is 4.38. The van der Waals surface area contributed by atoms with E-state index >= 15 is 0 Å². The van der Waals surface area contributed by atoms with Gasteiger partial charge in [-0.25, -0.2) is 0 Å². The smallest absolute Gasteiger partial charge is 0.227 e. The van der Waals surface area contributed by atoms with Crippen LogP contribution >= 0.6 is 0 Å². The SMILES string of the molecule is COCCCCNC(=O)C(C)c1cccc(N)c1. The van der Waals surface area contributed by atoms with Crippen LogP contribution < -0.4 is 11.1 Å². The fourth-order valence-electron chi connectivity index (χ4n) is 1.72. The van der Waals surface area contributed by atoms with Gasteiger partial charge in [0.1, 0.15) is 0 Å². The van der Waals surface area contributed by atoms with Crippen molar-refractivity contribution in [3.05, 3.63) is 29.8 Å². The molecule has 1 amide bonds. The molecule has 3 N–H and O–H groups in total. The summed E-state index contributed by atoms with van der Waals surface area (Å²) < 4.78 is 4.95. The van der Waals surface area contributed by atoms with Crippen LogP contribution in [-0.2, 0) is 9.53 Å². The van der Waals surface area contributed by atoms with Crippen molar-refractivity contribution >= 4 is 11.6 Å². The van der Waals surface area contributed by atoms with Gasteiger partial charge < -0.3 is 15.8 Å². The maximum Gasteiger partial charge on any atom is 0.227 e. The Labute approximate surface area is 109 Å². The molecule has 0 saturated carbocycles. The average Bonchev–Trinajstić information content (AvgIpc) is 2.37. The first-order chi connectivity index (χ1) is 8.65. The number of ether oxygens (including phenoxy) is 1. The van der Waals surface area contributed by atoms with E-state index in [2.05, 4.69) is 5.32 Å². The predicted octanol–water partition coefficient (Wildman–Crippen LogP) is 1.92. The quantitative estimate of drug-likeness (QED) is 0.574. The van der Waals surface area contributed by atoms with Gasteiger partial charge in [0.25, 0.3) is 0 Å². The molecule has 0 bridgehead atoms. The summed E-state index contributed by atoms with van der Waals surface area (Å²) in [7, 11) is 1.68. The van der Waals surface area contributed by atoms with E-state index in [4.69, 9.17) is 10.5 Å². The molecule has 100 valence electrons. The number of nitrogens with one attached hydrogen (secondary N) is 1. The van der Waals surface area contributed by atoms with Gasteiger partial charge in [-0.15, -0.1) is 0 Å². The number of benzene rings is 1. The lowest BCUT2D eigenvalue weighted by molar-refractivity contribution is -0.122. The zero-order valence-corrected chi connectivity index (χ0v) is 11.1. The third-order valence-electron chi connectivity index (χ3n) is 2.88. The Bertz CT molecular complexity index is 380. The second kappa shape index (κ2) is 7.71. The molecule has 1 unspecified atom stereocenters. The zero-order valence-electron chi connectivity index (χ0n) is 11.1. The van der Waals surface area contributed by atoms with Gasteiger partial charge in [0, 0.05) is 25.9 Å². The Morgan fingerprint density at radius 3 is 2.89 bits per heavy atom. The number of amides is 1. The monoisotopic (exact) mass is 250 g/mol. The third-order valence-corrected chi connectivity index (χ3v) is 2.88. The molecular formula is C14H22N2O2. The Morgan fingerprint density at radius 2 is 2.22 bits per heavy atom. The number of hydrogen-bond acceptors (Lipinski definition) is 3.